The van der Waals surface area contributed by atoms with Crippen LogP contribution in [0.2, 0.25) is 0 Å². The molecule has 0 radical (unpaired) electrons. The van der Waals surface area contributed by atoms with E-state index in [-0.39, 0.29) is 11.7 Å². The van der Waals surface area contributed by atoms with Crippen LogP contribution in [0, 0.1) is 5.82 Å². The van der Waals surface area contributed by atoms with E-state index in [1.54, 1.807) is 12.1 Å². The van der Waals surface area contributed by atoms with Crippen molar-refractivity contribution in [3.63, 3.8) is 0 Å². The second kappa shape index (κ2) is 6.52. The second-order valence-electron chi connectivity index (χ2n) is 6.31. The van der Waals surface area contributed by atoms with Crippen molar-refractivity contribution in [2.24, 2.45) is 0 Å². The number of hydrogen-bond acceptors (Lipinski definition) is 1. The number of benzene rings is 3. The molecule has 0 bridgehead atoms. The van der Waals surface area contributed by atoms with Crippen LogP contribution in [0.1, 0.15) is 27.0 Å². The van der Waals surface area contributed by atoms with Crippen LogP contribution in [0.4, 0.5) is 4.39 Å². The van der Waals surface area contributed by atoms with Gasteiger partial charge in [-0.2, -0.15) is 0 Å². The maximum Gasteiger partial charge on any atom is 0.251 e. The van der Waals surface area contributed by atoms with Crippen LogP contribution in [0.15, 0.2) is 66.7 Å². The molecule has 124 valence electrons. The second-order valence-corrected chi connectivity index (χ2v) is 6.31. The zero-order valence-corrected chi connectivity index (χ0v) is 13.8. The summed E-state index contributed by atoms with van der Waals surface area (Å²) >= 11 is 0. The first-order chi connectivity index (χ1) is 12.2. The summed E-state index contributed by atoms with van der Waals surface area (Å²) < 4.78 is 12.9. The number of carbonyl (C=O) groups excluding carboxylic acids is 1. The highest BCUT2D eigenvalue weighted by molar-refractivity contribution is 6.03. The largest absolute Gasteiger partial charge is 0.352 e. The Bertz CT molecular complexity index is 931. The molecule has 3 aromatic carbocycles. The summed E-state index contributed by atoms with van der Waals surface area (Å²) in [7, 11) is 0. The van der Waals surface area contributed by atoms with Crippen LogP contribution < -0.4 is 5.32 Å². The van der Waals surface area contributed by atoms with Crippen molar-refractivity contribution < 1.29 is 9.18 Å². The lowest BCUT2D eigenvalue weighted by Gasteiger charge is -2.10. The van der Waals surface area contributed by atoms with Crippen molar-refractivity contribution >= 4 is 5.91 Å². The Morgan fingerprint density at radius 3 is 2.52 bits per heavy atom. The fraction of sp³-hybridized carbons (Fsp3) is 0.136. The number of halogens is 1. The first-order valence-electron chi connectivity index (χ1n) is 8.45. The highest BCUT2D eigenvalue weighted by Gasteiger charge is 2.23. The van der Waals surface area contributed by atoms with Crippen LogP contribution in [-0.4, -0.2) is 12.5 Å². The predicted molar refractivity (Wildman–Crippen MR) is 97.1 cm³/mol. The molecule has 25 heavy (non-hydrogen) atoms. The molecule has 4 rings (SSSR count). The smallest absolute Gasteiger partial charge is 0.251 e. The van der Waals surface area contributed by atoms with E-state index in [9.17, 15) is 9.18 Å². The van der Waals surface area contributed by atoms with Crippen molar-refractivity contribution in [1.29, 1.82) is 0 Å². The van der Waals surface area contributed by atoms with E-state index in [0.717, 1.165) is 28.7 Å². The highest BCUT2D eigenvalue weighted by atomic mass is 19.1. The van der Waals surface area contributed by atoms with Gasteiger partial charge in [-0.25, -0.2) is 4.39 Å². The van der Waals surface area contributed by atoms with Crippen molar-refractivity contribution in [1.82, 2.24) is 5.32 Å². The third kappa shape index (κ3) is 3.05. The zero-order valence-electron chi connectivity index (χ0n) is 13.8. The van der Waals surface area contributed by atoms with Crippen LogP contribution in [-0.2, 0) is 12.8 Å². The number of hydrogen-bond donors (Lipinski definition) is 1. The predicted octanol–water partition coefficient (Wildman–Crippen LogP) is 4.37. The summed E-state index contributed by atoms with van der Waals surface area (Å²) in [6, 6.07) is 20.5. The number of carbonyl (C=O) groups is 1. The molecule has 1 amide bonds. The van der Waals surface area contributed by atoms with Gasteiger partial charge in [0, 0.05) is 12.1 Å². The Morgan fingerprint density at radius 2 is 1.68 bits per heavy atom. The van der Waals surface area contributed by atoms with Crippen molar-refractivity contribution in [2.75, 3.05) is 6.54 Å². The van der Waals surface area contributed by atoms with Gasteiger partial charge in [-0.15, -0.1) is 0 Å². The SMILES string of the molecule is O=C(NCCc1ccc(F)cc1)c1cccc2c1-c1ccccc1C2. The van der Waals surface area contributed by atoms with E-state index >= 15 is 0 Å². The van der Waals surface area contributed by atoms with Gasteiger partial charge in [-0.05, 0) is 58.9 Å². The van der Waals surface area contributed by atoms with Gasteiger partial charge < -0.3 is 5.32 Å². The van der Waals surface area contributed by atoms with Crippen LogP contribution in [0.3, 0.4) is 0 Å². The average molecular weight is 331 g/mol. The molecule has 3 aromatic rings. The van der Waals surface area contributed by atoms with Gasteiger partial charge >= 0.3 is 0 Å². The molecule has 0 unspecified atom stereocenters. The Morgan fingerprint density at radius 1 is 0.920 bits per heavy atom. The molecule has 0 fully saturated rings. The van der Waals surface area contributed by atoms with Crippen molar-refractivity contribution in [3.8, 4) is 11.1 Å². The number of amides is 1. The van der Waals surface area contributed by atoms with E-state index in [1.807, 2.05) is 24.3 Å². The third-order valence-corrected chi connectivity index (χ3v) is 4.68. The standard InChI is InChI=1S/C22H18FNO/c23-18-10-8-15(9-11-18)12-13-24-22(25)20-7-3-5-17-14-16-4-1-2-6-19(16)21(17)20/h1-11H,12-14H2,(H,24,25). The highest BCUT2D eigenvalue weighted by Crippen LogP contribution is 2.38. The molecule has 0 atom stereocenters. The maximum absolute atomic E-state index is 12.9. The zero-order chi connectivity index (χ0) is 17.2. The van der Waals surface area contributed by atoms with Gasteiger partial charge in [0.2, 0.25) is 0 Å². The molecular formula is C22H18FNO. The molecule has 3 heteroatoms. The minimum Gasteiger partial charge on any atom is -0.352 e. The average Bonchev–Trinajstić information content (AvgIpc) is 3.02. The molecule has 1 N–H and O–H groups in total. The lowest BCUT2D eigenvalue weighted by molar-refractivity contribution is 0.0954. The summed E-state index contributed by atoms with van der Waals surface area (Å²) in [5.41, 5.74) is 6.41. The molecule has 1 aliphatic rings. The quantitative estimate of drug-likeness (QED) is 0.591. The molecule has 0 saturated heterocycles. The fourth-order valence-corrected chi connectivity index (χ4v) is 3.44. The summed E-state index contributed by atoms with van der Waals surface area (Å²) in [5, 5.41) is 2.99. The number of nitrogens with one attached hydrogen (secondary N) is 1. The molecule has 0 spiro atoms. The van der Waals surface area contributed by atoms with Gasteiger partial charge in [0.05, 0.1) is 0 Å². The number of fused-ring (bicyclic) bond motifs is 3. The van der Waals surface area contributed by atoms with E-state index in [0.29, 0.717) is 13.0 Å². The Kier molecular flexibility index (Phi) is 4.06. The Balaban J connectivity index is 1.51. The first kappa shape index (κ1) is 15.6. The lowest BCUT2D eigenvalue weighted by atomic mass is 9.99. The van der Waals surface area contributed by atoms with E-state index < -0.39 is 0 Å². The minimum atomic E-state index is -0.244. The third-order valence-electron chi connectivity index (χ3n) is 4.68. The summed E-state index contributed by atoms with van der Waals surface area (Å²) in [6.07, 6.45) is 1.56. The topological polar surface area (TPSA) is 29.1 Å². The lowest BCUT2D eigenvalue weighted by Crippen LogP contribution is -2.26. The fourth-order valence-electron chi connectivity index (χ4n) is 3.44. The number of rotatable bonds is 4. The summed E-state index contributed by atoms with van der Waals surface area (Å²) in [5.74, 6) is -0.304. The molecule has 0 saturated carbocycles. The van der Waals surface area contributed by atoms with E-state index in [4.69, 9.17) is 0 Å². The van der Waals surface area contributed by atoms with Gasteiger partial charge in [0.15, 0.2) is 0 Å². The molecule has 1 aliphatic carbocycles. The molecule has 2 nitrogen and oxygen atoms in total. The van der Waals surface area contributed by atoms with Gasteiger partial charge in [0.1, 0.15) is 5.82 Å². The molecule has 0 heterocycles. The van der Waals surface area contributed by atoms with Crippen molar-refractivity contribution in [2.45, 2.75) is 12.8 Å². The monoisotopic (exact) mass is 331 g/mol. The summed E-state index contributed by atoms with van der Waals surface area (Å²) in [4.78, 5) is 12.7. The first-order valence-corrected chi connectivity index (χ1v) is 8.45. The van der Waals surface area contributed by atoms with Gasteiger partial charge in [-0.3, -0.25) is 4.79 Å². The molecule has 0 aromatic heterocycles. The molecule has 0 aliphatic heterocycles. The van der Waals surface area contributed by atoms with Gasteiger partial charge in [-0.1, -0.05) is 48.5 Å². The van der Waals surface area contributed by atoms with E-state index in [1.165, 1.54) is 23.3 Å². The van der Waals surface area contributed by atoms with E-state index in [2.05, 4.69) is 23.5 Å². The minimum absolute atomic E-state index is 0.0596. The summed E-state index contributed by atoms with van der Waals surface area (Å²) in [6.45, 7) is 0.524. The Labute approximate surface area is 146 Å². The normalized spacial score (nSPS) is 11.7. The van der Waals surface area contributed by atoms with Crippen LogP contribution in [0.5, 0.6) is 0 Å². The Hall–Kier alpha value is -2.94. The maximum atomic E-state index is 12.9. The van der Waals surface area contributed by atoms with Crippen LogP contribution in [0.25, 0.3) is 11.1 Å². The van der Waals surface area contributed by atoms with Crippen LogP contribution >= 0.6 is 0 Å². The van der Waals surface area contributed by atoms with Gasteiger partial charge in [0.25, 0.3) is 5.91 Å². The van der Waals surface area contributed by atoms with Crippen molar-refractivity contribution in [3.05, 3.63) is 94.8 Å². The molecular weight excluding hydrogens is 313 g/mol.